The maximum absolute atomic E-state index is 12.6. The molecule has 132 valence electrons. The molecule has 0 saturated heterocycles. The lowest BCUT2D eigenvalue weighted by Crippen LogP contribution is -2.27. The topological polar surface area (TPSA) is 73.5 Å². The quantitative estimate of drug-likeness (QED) is 0.756. The maximum Gasteiger partial charge on any atom is 0.321 e. The van der Waals surface area contributed by atoms with Crippen molar-refractivity contribution >= 4 is 23.3 Å². The maximum atomic E-state index is 12.6. The summed E-state index contributed by atoms with van der Waals surface area (Å²) in [5.41, 5.74) is 2.85. The highest BCUT2D eigenvalue weighted by molar-refractivity contribution is 6.05. The van der Waals surface area contributed by atoms with Crippen molar-refractivity contribution in [3.63, 3.8) is 0 Å². The largest absolute Gasteiger partial charge is 0.331 e. The fraction of sp³-hybridized carbons (Fsp3) is 0.263. The monoisotopic (exact) mass is 340 g/mol. The van der Waals surface area contributed by atoms with Crippen molar-refractivity contribution < 1.29 is 9.59 Å². The Bertz CT molecular complexity index is 744. The van der Waals surface area contributed by atoms with Crippen molar-refractivity contribution in [2.75, 3.05) is 31.3 Å². The second-order valence-corrected chi connectivity index (χ2v) is 5.80. The van der Waals surface area contributed by atoms with Gasteiger partial charge in [-0.3, -0.25) is 4.79 Å². The summed E-state index contributed by atoms with van der Waals surface area (Å²) in [6.07, 6.45) is 0. The van der Waals surface area contributed by atoms with E-state index in [0.29, 0.717) is 17.8 Å². The van der Waals surface area contributed by atoms with Crippen molar-refractivity contribution in [3.05, 3.63) is 59.7 Å². The molecule has 0 radical (unpaired) electrons. The molecule has 0 spiro atoms. The first kappa shape index (κ1) is 18.5. The summed E-state index contributed by atoms with van der Waals surface area (Å²) >= 11 is 0. The molecule has 3 N–H and O–H groups in total. The fourth-order valence-corrected chi connectivity index (χ4v) is 2.22. The first-order valence-electron chi connectivity index (χ1n) is 8.19. The predicted molar refractivity (Wildman–Crippen MR) is 101 cm³/mol. The van der Waals surface area contributed by atoms with Gasteiger partial charge in [-0.05, 0) is 36.4 Å². The van der Waals surface area contributed by atoms with E-state index in [9.17, 15) is 9.59 Å². The zero-order valence-electron chi connectivity index (χ0n) is 14.8. The molecule has 6 nitrogen and oxygen atoms in total. The number of hydrogen-bond acceptors (Lipinski definition) is 3. The van der Waals surface area contributed by atoms with Crippen molar-refractivity contribution in [1.82, 2.24) is 10.2 Å². The summed E-state index contributed by atoms with van der Waals surface area (Å²) in [4.78, 5) is 25.7. The van der Waals surface area contributed by atoms with Crippen LogP contribution in [-0.4, -0.2) is 37.5 Å². The van der Waals surface area contributed by atoms with Crippen LogP contribution < -0.4 is 16.0 Å². The van der Waals surface area contributed by atoms with Gasteiger partial charge in [-0.2, -0.15) is 0 Å². The van der Waals surface area contributed by atoms with Crippen LogP contribution in [0.25, 0.3) is 0 Å². The molecule has 2 rings (SSSR count). The van der Waals surface area contributed by atoms with Crippen LogP contribution in [0, 0.1) is 0 Å². The van der Waals surface area contributed by atoms with Crippen LogP contribution in [-0.2, 0) is 6.54 Å². The van der Waals surface area contributed by atoms with Crippen LogP contribution in [0.4, 0.5) is 16.2 Å². The van der Waals surface area contributed by atoms with Crippen LogP contribution in [0.1, 0.15) is 22.8 Å². The smallest absolute Gasteiger partial charge is 0.321 e. The van der Waals surface area contributed by atoms with Crippen molar-refractivity contribution in [3.8, 4) is 0 Å². The molecule has 0 bridgehead atoms. The summed E-state index contributed by atoms with van der Waals surface area (Å²) in [6.45, 7) is 3.58. The lowest BCUT2D eigenvalue weighted by molar-refractivity contribution is 0.102. The van der Waals surface area contributed by atoms with Gasteiger partial charge in [0.05, 0.1) is 0 Å². The fourth-order valence-electron chi connectivity index (χ4n) is 2.22. The Morgan fingerprint density at radius 1 is 1.00 bits per heavy atom. The molecule has 0 aliphatic heterocycles. The number of nitrogens with zero attached hydrogens (tertiary/aromatic N) is 1. The second kappa shape index (κ2) is 8.84. The van der Waals surface area contributed by atoms with Gasteiger partial charge < -0.3 is 20.9 Å². The van der Waals surface area contributed by atoms with Gasteiger partial charge in [0.1, 0.15) is 0 Å². The molecule has 0 aromatic heterocycles. The number of benzene rings is 2. The number of carbonyl (C=O) groups is 2. The molecule has 2 aromatic carbocycles. The summed E-state index contributed by atoms with van der Waals surface area (Å²) in [5.74, 6) is -0.218. The van der Waals surface area contributed by atoms with Gasteiger partial charge in [-0.25, -0.2) is 4.79 Å². The van der Waals surface area contributed by atoms with Crippen LogP contribution >= 0.6 is 0 Å². The first-order valence-corrected chi connectivity index (χ1v) is 8.19. The number of anilines is 2. The summed E-state index contributed by atoms with van der Waals surface area (Å²) in [7, 11) is 3.32. The van der Waals surface area contributed by atoms with Gasteiger partial charge in [0.25, 0.3) is 5.91 Å². The molecule has 0 unspecified atom stereocenters. The first-order chi connectivity index (χ1) is 12.0. The van der Waals surface area contributed by atoms with E-state index in [2.05, 4.69) is 16.0 Å². The molecule has 3 amide bonds. The number of nitrogens with one attached hydrogen (secondary N) is 3. The van der Waals surface area contributed by atoms with E-state index >= 15 is 0 Å². The Kier molecular flexibility index (Phi) is 6.54. The summed E-state index contributed by atoms with van der Waals surface area (Å²) in [6, 6.07) is 14.3. The third-order valence-corrected chi connectivity index (χ3v) is 3.61. The Labute approximate surface area is 148 Å². The molecule has 0 saturated carbocycles. The minimum atomic E-state index is -0.242. The predicted octanol–water partition coefficient (Wildman–Crippen LogP) is 3.14. The average molecular weight is 340 g/mol. The van der Waals surface area contributed by atoms with Gasteiger partial charge in [-0.1, -0.05) is 31.2 Å². The highest BCUT2D eigenvalue weighted by Crippen LogP contribution is 2.17. The van der Waals surface area contributed by atoms with E-state index in [1.54, 1.807) is 38.4 Å². The van der Waals surface area contributed by atoms with Crippen LogP contribution in [0.5, 0.6) is 0 Å². The van der Waals surface area contributed by atoms with Crippen molar-refractivity contribution in [2.45, 2.75) is 13.5 Å². The highest BCUT2D eigenvalue weighted by Gasteiger charge is 2.11. The molecular formula is C19H24N4O2. The Morgan fingerprint density at radius 3 is 2.48 bits per heavy atom. The number of rotatable bonds is 6. The number of carbonyl (C=O) groups excluding carboxylic acids is 2. The Balaban J connectivity index is 2.12. The number of urea groups is 1. The van der Waals surface area contributed by atoms with E-state index in [1.807, 2.05) is 31.2 Å². The van der Waals surface area contributed by atoms with E-state index < -0.39 is 0 Å². The van der Waals surface area contributed by atoms with Gasteiger partial charge in [0.15, 0.2) is 0 Å². The highest BCUT2D eigenvalue weighted by atomic mass is 16.2. The van der Waals surface area contributed by atoms with Gasteiger partial charge >= 0.3 is 6.03 Å². The van der Waals surface area contributed by atoms with Crippen LogP contribution in [0.15, 0.2) is 48.5 Å². The summed E-state index contributed by atoms with van der Waals surface area (Å²) in [5, 5.41) is 8.93. The van der Waals surface area contributed by atoms with E-state index in [1.165, 1.54) is 4.90 Å². The minimum Gasteiger partial charge on any atom is -0.331 e. The Hall–Kier alpha value is -2.86. The van der Waals surface area contributed by atoms with Crippen molar-refractivity contribution in [2.24, 2.45) is 0 Å². The zero-order chi connectivity index (χ0) is 18.2. The minimum absolute atomic E-state index is 0.218. The molecular weight excluding hydrogens is 316 g/mol. The van der Waals surface area contributed by atoms with Crippen LogP contribution in [0.2, 0.25) is 0 Å². The third-order valence-electron chi connectivity index (χ3n) is 3.61. The lowest BCUT2D eigenvalue weighted by atomic mass is 10.1. The normalized spacial score (nSPS) is 10.2. The number of para-hydroxylation sites is 1. The molecule has 25 heavy (non-hydrogen) atoms. The molecule has 0 aliphatic rings. The standard InChI is InChI=1S/C19H24N4O2/c1-4-20-13-15-8-5-6-11-17(15)22-18(24)14-9-7-10-16(12-14)21-19(25)23(2)3/h5-12,20H,4,13H2,1-3H3,(H,21,25)(H,22,24). The molecule has 6 heteroatoms. The average Bonchev–Trinajstić information content (AvgIpc) is 2.61. The third kappa shape index (κ3) is 5.32. The molecule has 2 aromatic rings. The van der Waals surface area contributed by atoms with Gasteiger partial charge in [0.2, 0.25) is 0 Å². The molecule has 0 heterocycles. The van der Waals surface area contributed by atoms with E-state index in [0.717, 1.165) is 17.8 Å². The molecule has 0 fully saturated rings. The second-order valence-electron chi connectivity index (χ2n) is 5.80. The van der Waals surface area contributed by atoms with Crippen molar-refractivity contribution in [1.29, 1.82) is 0 Å². The van der Waals surface area contributed by atoms with E-state index in [4.69, 9.17) is 0 Å². The number of amides is 3. The lowest BCUT2D eigenvalue weighted by Gasteiger charge is -2.14. The summed E-state index contributed by atoms with van der Waals surface area (Å²) < 4.78 is 0. The Morgan fingerprint density at radius 2 is 1.76 bits per heavy atom. The van der Waals surface area contributed by atoms with E-state index in [-0.39, 0.29) is 11.9 Å². The molecule has 0 atom stereocenters. The SMILES string of the molecule is CCNCc1ccccc1NC(=O)c1cccc(NC(=O)N(C)C)c1. The molecule has 0 aliphatic carbocycles. The van der Waals surface area contributed by atoms with Crippen LogP contribution in [0.3, 0.4) is 0 Å². The van der Waals surface area contributed by atoms with Gasteiger partial charge in [0, 0.05) is 37.6 Å². The van der Waals surface area contributed by atoms with Gasteiger partial charge in [-0.15, -0.1) is 0 Å². The number of hydrogen-bond donors (Lipinski definition) is 3. The zero-order valence-corrected chi connectivity index (χ0v) is 14.8.